The SMILES string of the molecule is CC1(C)C=Cc2c(ccc3c(=O)cc(-c4ccccc4)oc23)O1.COc1ccc(-c2cc3cccc(OC)c3c(=O)o2)cc1.Cc1ccc(-c2cc(=O)c3c(O)cc(O)c(-c4c(-c5ccc(O)cc5)oc5cc(O)cc(O)c5c4=O)c3o2)cc1. The molecule has 16 heteroatoms. The second-order valence-corrected chi connectivity index (χ2v) is 20.1. The van der Waals surface area contributed by atoms with Crippen molar-refractivity contribution in [3.63, 3.8) is 0 Å². The van der Waals surface area contributed by atoms with Crippen LogP contribution < -0.4 is 36.1 Å². The minimum atomic E-state index is -0.812. The van der Waals surface area contributed by atoms with E-state index in [1.807, 2.05) is 124 Å². The zero-order valence-corrected chi connectivity index (χ0v) is 45.5. The van der Waals surface area contributed by atoms with Crippen LogP contribution in [0.2, 0.25) is 0 Å². The number of hydrogen-bond donors (Lipinski definition) is 5. The van der Waals surface area contributed by atoms with Crippen LogP contribution >= 0.6 is 0 Å². The van der Waals surface area contributed by atoms with Gasteiger partial charge in [0.15, 0.2) is 16.4 Å². The van der Waals surface area contributed by atoms with Crippen molar-refractivity contribution in [3.05, 3.63) is 228 Å². The van der Waals surface area contributed by atoms with E-state index in [1.165, 1.54) is 37.4 Å². The molecule has 0 unspecified atom stereocenters. The van der Waals surface area contributed by atoms with Gasteiger partial charge in [0, 0.05) is 52.6 Å². The van der Waals surface area contributed by atoms with Crippen molar-refractivity contribution >= 4 is 49.8 Å². The maximum absolute atomic E-state index is 14.0. The molecule has 16 nitrogen and oxygen atoms in total. The number of fused-ring (bicyclic) bond motifs is 6. The van der Waals surface area contributed by atoms with Crippen LogP contribution in [0, 0.1) is 6.92 Å². The standard InChI is InChI=1S/C31H20O9.C20H16O3.C17H14O4/c1-14-2-4-15(5-3-14)23-13-22(37)25-20(35)12-21(36)27(31(25)39-23)28-29(38)26-19(34)10-18(33)11-24(26)40-30(28)16-6-8-17(32)9-7-16;1-20(2)11-10-15-17(23-20)9-8-14-16(21)12-18(22-19(14)15)13-6-4-3-5-7-13;1-19-13-8-6-11(7-9-13)15-10-12-4-3-5-14(20-2)16(12)17(18)21-15/h2-13,32-36H,1H3;3-12H,1-2H3;3-10H,1-2H3. The Morgan fingerprint density at radius 2 is 1.12 bits per heavy atom. The molecule has 8 aromatic carbocycles. The average molecular weight is 1120 g/mol. The maximum atomic E-state index is 14.0. The van der Waals surface area contributed by atoms with E-state index in [2.05, 4.69) is 0 Å². The molecular weight excluding hydrogens is 1070 g/mol. The first-order chi connectivity index (χ1) is 40.4. The Bertz CT molecular complexity index is 4820. The molecule has 0 amide bonds. The summed E-state index contributed by atoms with van der Waals surface area (Å²) >= 11 is 0. The van der Waals surface area contributed by atoms with E-state index in [1.54, 1.807) is 37.4 Å². The lowest BCUT2D eigenvalue weighted by Gasteiger charge is -2.28. The molecule has 0 bridgehead atoms. The topological polar surface area (TPSA) is 250 Å². The van der Waals surface area contributed by atoms with Crippen molar-refractivity contribution in [2.45, 2.75) is 26.4 Å². The Kier molecular flexibility index (Phi) is 14.3. The van der Waals surface area contributed by atoms with E-state index in [0.29, 0.717) is 39.2 Å². The van der Waals surface area contributed by atoms with Gasteiger partial charge in [0.1, 0.15) is 102 Å². The van der Waals surface area contributed by atoms with Crippen LogP contribution in [0.15, 0.2) is 213 Å². The number of phenolic OH excluding ortho intramolecular Hbond substituents is 5. The van der Waals surface area contributed by atoms with Gasteiger partial charge in [0.05, 0.1) is 36.3 Å². The minimum absolute atomic E-state index is 0.0499. The largest absolute Gasteiger partial charge is 0.508 e. The fraction of sp³-hybridized carbons (Fsp3) is 0.0882. The van der Waals surface area contributed by atoms with Gasteiger partial charge in [0.2, 0.25) is 5.43 Å². The third-order valence-corrected chi connectivity index (χ3v) is 14.0. The fourth-order valence-electron chi connectivity index (χ4n) is 9.82. The first-order valence-corrected chi connectivity index (χ1v) is 26.1. The summed E-state index contributed by atoms with van der Waals surface area (Å²) in [5.41, 5.74) is 1.64. The normalized spacial score (nSPS) is 12.2. The van der Waals surface area contributed by atoms with E-state index >= 15 is 0 Å². The Labute approximate surface area is 476 Å². The van der Waals surface area contributed by atoms with Gasteiger partial charge in [-0.1, -0.05) is 72.3 Å². The molecule has 13 rings (SSSR count). The molecule has 0 atom stereocenters. The van der Waals surface area contributed by atoms with Crippen molar-refractivity contribution in [1.82, 2.24) is 0 Å². The maximum Gasteiger partial charge on any atom is 0.347 e. The molecule has 0 saturated heterocycles. The average Bonchev–Trinajstić information content (AvgIpc) is 1.94. The zero-order valence-electron chi connectivity index (χ0n) is 45.5. The molecule has 0 aliphatic carbocycles. The fourth-order valence-corrected chi connectivity index (χ4v) is 9.82. The lowest BCUT2D eigenvalue weighted by atomic mass is 9.95. The van der Waals surface area contributed by atoms with Gasteiger partial charge in [-0.3, -0.25) is 14.4 Å². The molecule has 12 aromatic rings. The monoisotopic (exact) mass is 1120 g/mol. The van der Waals surface area contributed by atoms with E-state index in [4.69, 9.17) is 31.9 Å². The molecule has 5 N–H and O–H groups in total. The molecule has 1 aliphatic rings. The summed E-state index contributed by atoms with van der Waals surface area (Å²) in [6.07, 6.45) is 3.95. The summed E-state index contributed by atoms with van der Waals surface area (Å²) < 4.78 is 39.9. The number of aromatic hydroxyl groups is 5. The van der Waals surface area contributed by atoms with Gasteiger partial charge in [0.25, 0.3) is 0 Å². The summed E-state index contributed by atoms with van der Waals surface area (Å²) in [4.78, 5) is 51.9. The van der Waals surface area contributed by atoms with E-state index in [0.717, 1.165) is 57.3 Å². The summed E-state index contributed by atoms with van der Waals surface area (Å²) in [6.45, 7) is 5.88. The van der Waals surface area contributed by atoms with Gasteiger partial charge < -0.3 is 57.4 Å². The van der Waals surface area contributed by atoms with Crippen molar-refractivity contribution in [1.29, 1.82) is 0 Å². The molecule has 0 fully saturated rings. The molecule has 84 heavy (non-hydrogen) atoms. The van der Waals surface area contributed by atoms with Crippen molar-refractivity contribution < 1.29 is 57.4 Å². The minimum Gasteiger partial charge on any atom is -0.508 e. The summed E-state index contributed by atoms with van der Waals surface area (Å²) in [6, 6.07) is 46.4. The van der Waals surface area contributed by atoms with Gasteiger partial charge >= 0.3 is 5.63 Å². The predicted octanol–water partition coefficient (Wildman–Crippen LogP) is 13.9. The van der Waals surface area contributed by atoms with Crippen LogP contribution in [0.5, 0.6) is 46.0 Å². The Morgan fingerprint density at radius 1 is 0.488 bits per heavy atom. The molecule has 418 valence electrons. The Morgan fingerprint density at radius 3 is 1.81 bits per heavy atom. The first kappa shape index (κ1) is 54.7. The van der Waals surface area contributed by atoms with Crippen LogP contribution in [0.1, 0.15) is 25.0 Å². The molecule has 0 saturated carbocycles. The molecule has 1 aliphatic heterocycles. The first-order valence-electron chi connectivity index (χ1n) is 26.1. The van der Waals surface area contributed by atoms with Gasteiger partial charge in [-0.05, 0) is 111 Å². The summed E-state index contributed by atoms with van der Waals surface area (Å²) in [7, 11) is 3.14. The van der Waals surface area contributed by atoms with E-state index < -0.39 is 33.7 Å². The second kappa shape index (κ2) is 22.0. The lowest BCUT2D eigenvalue weighted by molar-refractivity contribution is 0.159. The van der Waals surface area contributed by atoms with Crippen molar-refractivity contribution in [2.24, 2.45) is 0 Å². The van der Waals surface area contributed by atoms with Crippen LogP contribution in [-0.2, 0) is 0 Å². The highest BCUT2D eigenvalue weighted by Crippen LogP contribution is 2.46. The highest BCUT2D eigenvalue weighted by Gasteiger charge is 2.29. The van der Waals surface area contributed by atoms with E-state index in [9.17, 15) is 44.7 Å². The van der Waals surface area contributed by atoms with Gasteiger partial charge in [-0.15, -0.1) is 0 Å². The summed E-state index contributed by atoms with van der Waals surface area (Å²) in [5.74, 6) is 0.929. The molecular formula is C68H50O16. The van der Waals surface area contributed by atoms with Crippen molar-refractivity contribution in [3.8, 4) is 102 Å². The quantitative estimate of drug-likeness (QED) is 0.0995. The van der Waals surface area contributed by atoms with Crippen LogP contribution in [0.3, 0.4) is 0 Å². The number of rotatable bonds is 7. The van der Waals surface area contributed by atoms with Crippen molar-refractivity contribution in [2.75, 3.05) is 14.2 Å². The number of phenols is 5. The van der Waals surface area contributed by atoms with Crippen LogP contribution in [0.4, 0.5) is 0 Å². The Hall–Kier alpha value is -11.3. The third kappa shape index (κ3) is 10.5. The smallest absolute Gasteiger partial charge is 0.347 e. The molecule has 5 heterocycles. The van der Waals surface area contributed by atoms with Gasteiger partial charge in [-0.2, -0.15) is 0 Å². The Balaban J connectivity index is 0.000000142. The molecule has 4 aromatic heterocycles. The number of ether oxygens (including phenoxy) is 3. The highest BCUT2D eigenvalue weighted by molar-refractivity contribution is 6.04. The number of methoxy groups -OCH3 is 2. The zero-order chi connectivity index (χ0) is 59.1. The number of aryl methyl sites for hydroxylation is 1. The third-order valence-electron chi connectivity index (χ3n) is 14.0. The summed E-state index contributed by atoms with van der Waals surface area (Å²) in [5, 5.41) is 53.3. The molecule has 0 spiro atoms. The predicted molar refractivity (Wildman–Crippen MR) is 321 cm³/mol. The highest BCUT2D eigenvalue weighted by atomic mass is 16.5. The van der Waals surface area contributed by atoms with Crippen LogP contribution in [-0.4, -0.2) is 45.4 Å². The van der Waals surface area contributed by atoms with Crippen LogP contribution in [0.25, 0.3) is 106 Å². The number of hydrogen-bond acceptors (Lipinski definition) is 16. The van der Waals surface area contributed by atoms with E-state index in [-0.39, 0.29) is 72.7 Å². The van der Waals surface area contributed by atoms with Gasteiger partial charge in [-0.25, -0.2) is 4.79 Å². The number of benzene rings is 8. The molecule has 0 radical (unpaired) electrons. The second-order valence-electron chi connectivity index (χ2n) is 20.1. The lowest BCUT2D eigenvalue weighted by Crippen LogP contribution is -2.27.